The van der Waals surface area contributed by atoms with Crippen LogP contribution < -0.4 is 4.74 Å². The maximum absolute atomic E-state index is 13.0. The van der Waals surface area contributed by atoms with E-state index < -0.39 is 10.0 Å². The highest BCUT2D eigenvalue weighted by Crippen LogP contribution is 2.35. The fourth-order valence-electron chi connectivity index (χ4n) is 4.07. The number of aryl methyl sites for hydroxylation is 1. The van der Waals surface area contributed by atoms with Crippen LogP contribution in [0.2, 0.25) is 0 Å². The van der Waals surface area contributed by atoms with E-state index in [1.165, 1.54) is 30.8 Å². The largest absolute Gasteiger partial charge is 0.484 e. The van der Waals surface area contributed by atoms with Gasteiger partial charge < -0.3 is 9.64 Å². The van der Waals surface area contributed by atoms with Gasteiger partial charge in [-0.3, -0.25) is 0 Å². The Morgan fingerprint density at radius 2 is 1.86 bits per heavy atom. The molecule has 0 radical (unpaired) electrons. The van der Waals surface area contributed by atoms with E-state index in [1.807, 2.05) is 18.2 Å². The van der Waals surface area contributed by atoms with E-state index in [4.69, 9.17) is 4.74 Å². The van der Waals surface area contributed by atoms with Crippen LogP contribution >= 0.6 is 11.3 Å². The Labute approximate surface area is 178 Å². The molecule has 3 heterocycles. The van der Waals surface area contributed by atoms with E-state index in [0.717, 1.165) is 48.6 Å². The van der Waals surface area contributed by atoms with Gasteiger partial charge in [0, 0.05) is 24.5 Å². The second kappa shape index (κ2) is 9.16. The molecule has 0 bridgehead atoms. The lowest BCUT2D eigenvalue weighted by atomic mass is 10.1. The first-order chi connectivity index (χ1) is 14.1. The molecule has 0 amide bonds. The normalized spacial score (nSPS) is 18.1. The Kier molecular flexibility index (Phi) is 6.59. The second-order valence-corrected chi connectivity index (χ2v) is 10.9. The number of hydrogen-bond donors (Lipinski definition) is 0. The van der Waals surface area contributed by atoms with Gasteiger partial charge in [0.15, 0.2) is 5.06 Å². The summed E-state index contributed by atoms with van der Waals surface area (Å²) < 4.78 is 33.6. The first-order valence-electron chi connectivity index (χ1n) is 10.6. The summed E-state index contributed by atoms with van der Waals surface area (Å²) in [7, 11) is -3.46. The van der Waals surface area contributed by atoms with E-state index in [1.54, 1.807) is 27.8 Å². The van der Waals surface area contributed by atoms with Gasteiger partial charge in [-0.15, -0.1) is 11.3 Å². The summed E-state index contributed by atoms with van der Waals surface area (Å²) in [5, 5.41) is 0.919. The molecule has 1 fully saturated rings. The van der Waals surface area contributed by atoms with Crippen molar-refractivity contribution < 1.29 is 13.2 Å². The molecule has 2 aliphatic heterocycles. The monoisotopic (exact) mass is 434 g/mol. The maximum atomic E-state index is 13.0. The predicted octanol–water partition coefficient (Wildman–Crippen LogP) is 3.92. The highest BCUT2D eigenvalue weighted by atomic mass is 32.2. The highest BCUT2D eigenvalue weighted by Gasteiger charge is 2.29. The number of rotatable bonds is 8. The minimum absolute atomic E-state index is 0.381. The van der Waals surface area contributed by atoms with Crippen molar-refractivity contribution in [2.24, 2.45) is 0 Å². The average molecular weight is 435 g/mol. The molecule has 29 heavy (non-hydrogen) atoms. The number of nitrogens with zero attached hydrogens (tertiary/aromatic N) is 2. The van der Waals surface area contributed by atoms with Crippen molar-refractivity contribution in [3.63, 3.8) is 0 Å². The Morgan fingerprint density at radius 3 is 2.59 bits per heavy atom. The molecule has 1 aromatic carbocycles. The number of likely N-dealkylation sites (tertiary alicyclic amines) is 1. The molecule has 7 heteroatoms. The molecule has 4 rings (SSSR count). The number of fused-ring (bicyclic) bond motifs is 1. The molecule has 2 aliphatic rings. The molecule has 0 N–H and O–H groups in total. The third-order valence-electron chi connectivity index (χ3n) is 5.84. The lowest BCUT2D eigenvalue weighted by molar-refractivity contribution is 0.267. The molecule has 0 saturated carbocycles. The van der Waals surface area contributed by atoms with Crippen LogP contribution in [-0.4, -0.2) is 50.4 Å². The van der Waals surface area contributed by atoms with Crippen LogP contribution in [-0.2, 0) is 29.4 Å². The third kappa shape index (κ3) is 4.85. The molecule has 0 atom stereocenters. The van der Waals surface area contributed by atoms with E-state index in [0.29, 0.717) is 18.0 Å². The van der Waals surface area contributed by atoms with Crippen LogP contribution in [0.15, 0.2) is 35.2 Å². The highest BCUT2D eigenvalue weighted by molar-refractivity contribution is 7.89. The Morgan fingerprint density at radius 1 is 1.10 bits per heavy atom. The quantitative estimate of drug-likeness (QED) is 0.591. The molecule has 0 unspecified atom stereocenters. The second-order valence-electron chi connectivity index (χ2n) is 7.85. The number of thiophene rings is 1. The molecular weight excluding hydrogens is 404 g/mol. The van der Waals surface area contributed by atoms with Gasteiger partial charge in [-0.1, -0.05) is 19.1 Å². The van der Waals surface area contributed by atoms with Crippen LogP contribution in [0.4, 0.5) is 0 Å². The molecule has 5 nitrogen and oxygen atoms in total. The van der Waals surface area contributed by atoms with Gasteiger partial charge in [-0.2, -0.15) is 4.31 Å². The SMILES string of the molecule is CCc1ccc(S(=O)(=O)N2CCc3sc(OCCCN4CCCC4)cc3C2)cc1. The third-order valence-corrected chi connectivity index (χ3v) is 8.85. The van der Waals surface area contributed by atoms with Crippen molar-refractivity contribution >= 4 is 21.4 Å². The fraction of sp³-hybridized carbons (Fsp3) is 0.545. The number of sulfonamides is 1. The van der Waals surface area contributed by atoms with Gasteiger partial charge in [0.25, 0.3) is 0 Å². The smallest absolute Gasteiger partial charge is 0.243 e. The van der Waals surface area contributed by atoms with Crippen molar-refractivity contribution in [2.45, 2.75) is 50.5 Å². The Balaban J connectivity index is 1.35. The lowest BCUT2D eigenvalue weighted by Crippen LogP contribution is -2.35. The van der Waals surface area contributed by atoms with E-state index >= 15 is 0 Å². The van der Waals surface area contributed by atoms with Gasteiger partial charge in [0.1, 0.15) is 0 Å². The van der Waals surface area contributed by atoms with E-state index in [-0.39, 0.29) is 0 Å². The zero-order valence-electron chi connectivity index (χ0n) is 17.1. The summed E-state index contributed by atoms with van der Waals surface area (Å²) >= 11 is 1.67. The van der Waals surface area contributed by atoms with Gasteiger partial charge in [0.2, 0.25) is 10.0 Å². The number of ether oxygens (including phenoxy) is 1. The molecule has 0 aliphatic carbocycles. The van der Waals surface area contributed by atoms with Gasteiger partial charge in [0.05, 0.1) is 11.5 Å². The molecule has 1 aromatic heterocycles. The van der Waals surface area contributed by atoms with Crippen LogP contribution in [0, 0.1) is 0 Å². The summed E-state index contributed by atoms with van der Waals surface area (Å²) in [5.41, 5.74) is 2.23. The first kappa shape index (κ1) is 20.8. The molecule has 1 saturated heterocycles. The minimum Gasteiger partial charge on any atom is -0.484 e. The first-order valence-corrected chi connectivity index (χ1v) is 12.9. The van der Waals surface area contributed by atoms with E-state index in [2.05, 4.69) is 11.8 Å². The van der Waals surface area contributed by atoms with Crippen LogP contribution in [0.1, 0.15) is 42.2 Å². The van der Waals surface area contributed by atoms with Gasteiger partial charge in [-0.25, -0.2) is 8.42 Å². The number of benzene rings is 1. The zero-order valence-corrected chi connectivity index (χ0v) is 18.7. The molecule has 158 valence electrons. The standard InChI is InChI=1S/C22H30N2O3S2/c1-2-18-6-8-20(9-7-18)29(25,26)24-14-10-21-19(17-24)16-22(28-21)27-15-5-13-23-11-3-4-12-23/h6-9,16H,2-5,10-15,17H2,1H3. The summed E-state index contributed by atoms with van der Waals surface area (Å²) in [6.45, 7) is 7.30. The van der Waals surface area contributed by atoms with Crippen molar-refractivity contribution in [3.8, 4) is 5.06 Å². The van der Waals surface area contributed by atoms with Crippen molar-refractivity contribution in [3.05, 3.63) is 46.3 Å². The van der Waals surface area contributed by atoms with Crippen molar-refractivity contribution in [1.29, 1.82) is 0 Å². The molecular formula is C22H30N2O3S2. The van der Waals surface area contributed by atoms with Crippen LogP contribution in [0.5, 0.6) is 5.06 Å². The van der Waals surface area contributed by atoms with Crippen LogP contribution in [0.3, 0.4) is 0 Å². The molecule has 0 spiro atoms. The zero-order chi connectivity index (χ0) is 20.3. The minimum atomic E-state index is -3.46. The predicted molar refractivity (Wildman–Crippen MR) is 117 cm³/mol. The average Bonchev–Trinajstić information content (AvgIpc) is 3.40. The topological polar surface area (TPSA) is 49.9 Å². The van der Waals surface area contributed by atoms with Crippen molar-refractivity contribution in [2.75, 3.05) is 32.8 Å². The Hall–Kier alpha value is -1.41. The fourth-order valence-corrected chi connectivity index (χ4v) is 6.52. The maximum Gasteiger partial charge on any atom is 0.243 e. The van der Waals surface area contributed by atoms with Gasteiger partial charge in [-0.05, 0) is 74.5 Å². The van der Waals surface area contributed by atoms with Crippen molar-refractivity contribution in [1.82, 2.24) is 9.21 Å². The molecule has 2 aromatic rings. The summed E-state index contributed by atoms with van der Waals surface area (Å²) in [6, 6.07) is 9.30. The van der Waals surface area contributed by atoms with Crippen LogP contribution in [0.25, 0.3) is 0 Å². The Bertz CT molecular complexity index is 916. The summed E-state index contributed by atoms with van der Waals surface area (Å²) in [5.74, 6) is 0. The summed E-state index contributed by atoms with van der Waals surface area (Å²) in [6.07, 6.45) is 5.34. The summed E-state index contributed by atoms with van der Waals surface area (Å²) in [4.78, 5) is 4.14. The lowest BCUT2D eigenvalue weighted by Gasteiger charge is -2.26. The van der Waals surface area contributed by atoms with E-state index in [9.17, 15) is 8.42 Å². The van der Waals surface area contributed by atoms with Gasteiger partial charge >= 0.3 is 0 Å². The number of hydrogen-bond acceptors (Lipinski definition) is 5.